The van der Waals surface area contributed by atoms with Gasteiger partial charge in [-0.25, -0.2) is 0 Å². The number of halogens is 1. The number of hydrogen-bond donors (Lipinski definition) is 2. The fraction of sp³-hybridized carbons (Fsp3) is 0.200. The molecule has 0 aromatic heterocycles. The molecule has 1 amide bonds. The Kier molecular flexibility index (Phi) is 6.82. The van der Waals surface area contributed by atoms with E-state index in [0.29, 0.717) is 16.4 Å². The molecule has 0 saturated heterocycles. The average Bonchev–Trinajstić information content (AvgIpc) is 2.90. The van der Waals surface area contributed by atoms with Crippen LogP contribution in [0.1, 0.15) is 36.3 Å². The summed E-state index contributed by atoms with van der Waals surface area (Å²) in [6, 6.07) is 27.4. The fourth-order valence-corrected chi connectivity index (χ4v) is 5.56. The third-order valence-corrected chi connectivity index (χ3v) is 7.23. The molecule has 1 fully saturated rings. The highest BCUT2D eigenvalue weighted by Crippen LogP contribution is 2.49. The summed E-state index contributed by atoms with van der Waals surface area (Å²) in [5.41, 5.74) is 5.67. The van der Waals surface area contributed by atoms with Gasteiger partial charge in [0.15, 0.2) is 0 Å². The Balaban J connectivity index is 1.58. The van der Waals surface area contributed by atoms with Crippen LogP contribution in [0.15, 0.2) is 107 Å². The lowest BCUT2D eigenvalue weighted by atomic mass is 9.62. The average molecular weight is 483 g/mol. The molecule has 3 atom stereocenters. The highest BCUT2D eigenvalue weighted by atomic mass is 35.5. The number of allylic oxidation sites excluding steroid dienone is 3. The minimum Gasteiger partial charge on any atom is -0.411 e. The van der Waals surface area contributed by atoms with Crippen LogP contribution in [0.3, 0.4) is 0 Å². The van der Waals surface area contributed by atoms with Crippen LogP contribution in [0.4, 0.5) is 5.69 Å². The predicted molar refractivity (Wildman–Crippen MR) is 142 cm³/mol. The number of rotatable bonds is 4. The molecule has 0 radical (unpaired) electrons. The molecule has 4 nitrogen and oxygen atoms in total. The molecule has 3 aromatic rings. The summed E-state index contributed by atoms with van der Waals surface area (Å²) < 4.78 is 0. The molecule has 0 heterocycles. The lowest BCUT2D eigenvalue weighted by Gasteiger charge is -2.41. The molecule has 35 heavy (non-hydrogen) atoms. The van der Waals surface area contributed by atoms with E-state index < -0.39 is 5.92 Å². The molecule has 2 aliphatic carbocycles. The maximum Gasteiger partial charge on any atom is 0.234 e. The van der Waals surface area contributed by atoms with Gasteiger partial charge < -0.3 is 10.5 Å². The Hall–Kier alpha value is -3.63. The fourth-order valence-electron chi connectivity index (χ4n) is 5.44. The van der Waals surface area contributed by atoms with E-state index >= 15 is 0 Å². The monoisotopic (exact) mass is 482 g/mol. The summed E-state index contributed by atoms with van der Waals surface area (Å²) in [6.45, 7) is 0. The number of nitrogens with one attached hydrogen (secondary N) is 1. The van der Waals surface area contributed by atoms with Crippen molar-refractivity contribution in [3.05, 3.63) is 118 Å². The van der Waals surface area contributed by atoms with Crippen molar-refractivity contribution in [3.63, 3.8) is 0 Å². The molecule has 176 valence electrons. The Morgan fingerprint density at radius 3 is 2.34 bits per heavy atom. The van der Waals surface area contributed by atoms with Gasteiger partial charge in [-0.15, -0.1) is 0 Å². The van der Waals surface area contributed by atoms with Gasteiger partial charge in [-0.1, -0.05) is 83.5 Å². The summed E-state index contributed by atoms with van der Waals surface area (Å²) in [6.07, 6.45) is 7.13. The zero-order chi connectivity index (χ0) is 24.2. The Morgan fingerprint density at radius 2 is 1.66 bits per heavy atom. The number of oxime groups is 1. The molecule has 1 saturated carbocycles. The Morgan fingerprint density at radius 1 is 0.971 bits per heavy atom. The number of fused-ring (bicyclic) bond motifs is 1. The summed E-state index contributed by atoms with van der Waals surface area (Å²) in [4.78, 5) is 13.7. The molecule has 0 bridgehead atoms. The van der Waals surface area contributed by atoms with Crippen LogP contribution in [-0.2, 0) is 4.79 Å². The molecule has 2 aliphatic rings. The standard InChI is InChI=1S/C30H27ClN2O2/c31-23-14-16-24(17-15-23)32-30(34)29-27(33-35)19-26-22(18-20-8-3-1-4-9-20)12-7-13-25(26)28(29)21-10-5-2-6-11-21/h1-6,8-11,14-19,25,28-29,35H,7,12-13H2,(H,32,34)/b22-18-,33-27-. The Bertz CT molecular complexity index is 1280. The van der Waals surface area contributed by atoms with E-state index in [0.717, 1.165) is 36.0 Å². The zero-order valence-corrected chi connectivity index (χ0v) is 20.0. The van der Waals surface area contributed by atoms with Crippen molar-refractivity contribution in [2.45, 2.75) is 25.2 Å². The van der Waals surface area contributed by atoms with Crippen molar-refractivity contribution in [1.82, 2.24) is 0 Å². The number of benzene rings is 3. The first-order valence-electron chi connectivity index (χ1n) is 11.9. The quantitative estimate of drug-likeness (QED) is 0.302. The van der Waals surface area contributed by atoms with Gasteiger partial charge in [0, 0.05) is 16.6 Å². The van der Waals surface area contributed by atoms with Gasteiger partial charge in [0.1, 0.15) is 0 Å². The summed E-state index contributed by atoms with van der Waals surface area (Å²) in [7, 11) is 0. The van der Waals surface area contributed by atoms with Gasteiger partial charge in [-0.05, 0) is 77.8 Å². The second-order valence-electron chi connectivity index (χ2n) is 9.11. The number of hydrogen-bond acceptors (Lipinski definition) is 3. The summed E-state index contributed by atoms with van der Waals surface area (Å²) in [5.74, 6) is -0.812. The van der Waals surface area contributed by atoms with Crippen LogP contribution >= 0.6 is 11.6 Å². The van der Waals surface area contributed by atoms with Gasteiger partial charge >= 0.3 is 0 Å². The smallest absolute Gasteiger partial charge is 0.234 e. The minimum absolute atomic E-state index is 0.145. The summed E-state index contributed by atoms with van der Waals surface area (Å²) in [5, 5.41) is 17.3. The highest BCUT2D eigenvalue weighted by molar-refractivity contribution is 6.30. The first kappa shape index (κ1) is 23.1. The lowest BCUT2D eigenvalue weighted by molar-refractivity contribution is -0.119. The molecule has 3 unspecified atom stereocenters. The van der Waals surface area contributed by atoms with Gasteiger partial charge in [0.2, 0.25) is 5.91 Å². The second-order valence-corrected chi connectivity index (χ2v) is 9.55. The zero-order valence-electron chi connectivity index (χ0n) is 19.3. The largest absolute Gasteiger partial charge is 0.411 e. The number of amides is 1. The number of carbonyl (C=O) groups is 1. The normalized spacial score (nSPS) is 24.0. The van der Waals surface area contributed by atoms with Gasteiger partial charge in [0.05, 0.1) is 11.6 Å². The molecular formula is C30H27ClN2O2. The maximum absolute atomic E-state index is 13.7. The highest BCUT2D eigenvalue weighted by Gasteiger charge is 2.45. The van der Waals surface area contributed by atoms with Crippen molar-refractivity contribution >= 4 is 35.0 Å². The van der Waals surface area contributed by atoms with Crippen LogP contribution in [0.5, 0.6) is 0 Å². The van der Waals surface area contributed by atoms with Crippen LogP contribution in [0.25, 0.3) is 6.08 Å². The Labute approximate surface area is 210 Å². The topological polar surface area (TPSA) is 61.7 Å². The van der Waals surface area contributed by atoms with Crippen molar-refractivity contribution < 1.29 is 10.0 Å². The van der Waals surface area contributed by atoms with E-state index in [1.165, 1.54) is 5.57 Å². The van der Waals surface area contributed by atoms with Crippen LogP contribution in [0, 0.1) is 11.8 Å². The van der Waals surface area contributed by atoms with Crippen molar-refractivity contribution in [2.75, 3.05) is 5.32 Å². The maximum atomic E-state index is 13.7. The van der Waals surface area contributed by atoms with E-state index in [2.05, 4.69) is 40.8 Å². The first-order chi connectivity index (χ1) is 17.1. The molecule has 5 heteroatoms. The lowest BCUT2D eigenvalue weighted by Crippen LogP contribution is -2.41. The van der Waals surface area contributed by atoms with Gasteiger partial charge in [-0.2, -0.15) is 0 Å². The van der Waals surface area contributed by atoms with Gasteiger partial charge in [-0.3, -0.25) is 4.79 Å². The SMILES string of the molecule is O=C(Nc1ccc(Cl)cc1)C1/C(=N\O)C=C2/C(=C\c3ccccc3)CCCC2C1c1ccccc1. The summed E-state index contributed by atoms with van der Waals surface area (Å²) >= 11 is 6.02. The van der Waals surface area contributed by atoms with E-state index in [1.54, 1.807) is 24.3 Å². The van der Waals surface area contributed by atoms with Crippen molar-refractivity contribution in [2.24, 2.45) is 17.0 Å². The first-order valence-corrected chi connectivity index (χ1v) is 12.3. The van der Waals surface area contributed by atoms with E-state index in [1.807, 2.05) is 42.5 Å². The van der Waals surface area contributed by atoms with Crippen molar-refractivity contribution in [1.29, 1.82) is 0 Å². The van der Waals surface area contributed by atoms with Crippen LogP contribution in [0.2, 0.25) is 5.02 Å². The molecular weight excluding hydrogens is 456 g/mol. The second kappa shape index (κ2) is 10.3. The molecule has 2 N–H and O–H groups in total. The number of anilines is 1. The van der Waals surface area contributed by atoms with Crippen LogP contribution < -0.4 is 5.32 Å². The molecule has 0 aliphatic heterocycles. The minimum atomic E-state index is -0.622. The number of carbonyl (C=O) groups excluding carboxylic acids is 1. The molecule has 3 aromatic carbocycles. The van der Waals surface area contributed by atoms with E-state index in [4.69, 9.17) is 11.6 Å². The molecule has 0 spiro atoms. The van der Waals surface area contributed by atoms with E-state index in [9.17, 15) is 10.0 Å². The molecule has 5 rings (SSSR count). The van der Waals surface area contributed by atoms with Crippen molar-refractivity contribution in [3.8, 4) is 0 Å². The van der Waals surface area contributed by atoms with E-state index in [-0.39, 0.29) is 17.7 Å². The third-order valence-electron chi connectivity index (χ3n) is 6.98. The number of nitrogens with zero attached hydrogens (tertiary/aromatic N) is 1. The van der Waals surface area contributed by atoms with Crippen LogP contribution in [-0.4, -0.2) is 16.8 Å². The predicted octanol–water partition coefficient (Wildman–Crippen LogP) is 7.33. The van der Waals surface area contributed by atoms with Gasteiger partial charge in [0.25, 0.3) is 0 Å². The third kappa shape index (κ3) is 4.94.